The van der Waals surface area contributed by atoms with Crippen LogP contribution in [0.1, 0.15) is 38.2 Å². The average molecular weight is 246 g/mol. The van der Waals surface area contributed by atoms with Gasteiger partial charge in [-0.05, 0) is 37.8 Å². The second kappa shape index (κ2) is 6.24. The van der Waals surface area contributed by atoms with Gasteiger partial charge in [0.15, 0.2) is 0 Å². The highest BCUT2D eigenvalue weighted by Crippen LogP contribution is 2.25. The van der Waals surface area contributed by atoms with Gasteiger partial charge < -0.3 is 10.6 Å². The topological polar surface area (TPSA) is 29.3 Å². The summed E-state index contributed by atoms with van der Waals surface area (Å²) >= 11 is 0. The smallest absolute Gasteiger partial charge is 0.0366 e. The minimum Gasteiger partial charge on any atom is -0.371 e. The molecule has 2 unspecified atom stereocenters. The quantitative estimate of drug-likeness (QED) is 0.883. The van der Waals surface area contributed by atoms with Gasteiger partial charge >= 0.3 is 0 Å². The highest BCUT2D eigenvalue weighted by molar-refractivity contribution is 5.48. The zero-order valence-corrected chi connectivity index (χ0v) is 11.7. The number of aryl methyl sites for hydroxylation is 1. The van der Waals surface area contributed by atoms with Crippen molar-refractivity contribution in [3.05, 3.63) is 29.8 Å². The number of nitrogens with zero attached hydrogens (tertiary/aromatic N) is 1. The van der Waals surface area contributed by atoms with E-state index in [2.05, 4.69) is 43.0 Å². The molecular formula is C16H26N2. The number of rotatable bonds is 4. The SMILES string of the molecule is CCCCC1CN(c2ccc(C)cc2)CCC1N. The zero-order valence-electron chi connectivity index (χ0n) is 11.7. The molecule has 2 atom stereocenters. The molecule has 2 N–H and O–H groups in total. The van der Waals surface area contributed by atoms with Gasteiger partial charge in [0.05, 0.1) is 0 Å². The van der Waals surface area contributed by atoms with Crippen molar-refractivity contribution in [3.63, 3.8) is 0 Å². The molecule has 100 valence electrons. The fraction of sp³-hybridized carbons (Fsp3) is 0.625. The van der Waals surface area contributed by atoms with Crippen LogP contribution in [0.5, 0.6) is 0 Å². The summed E-state index contributed by atoms with van der Waals surface area (Å²) in [7, 11) is 0. The highest BCUT2D eigenvalue weighted by Gasteiger charge is 2.26. The van der Waals surface area contributed by atoms with Crippen molar-refractivity contribution >= 4 is 5.69 Å². The molecule has 0 bridgehead atoms. The lowest BCUT2D eigenvalue weighted by Gasteiger charge is -2.38. The number of piperidine rings is 1. The van der Waals surface area contributed by atoms with Gasteiger partial charge in [0.1, 0.15) is 0 Å². The first-order valence-corrected chi connectivity index (χ1v) is 7.28. The third-order valence-corrected chi connectivity index (χ3v) is 4.12. The van der Waals surface area contributed by atoms with E-state index in [9.17, 15) is 0 Å². The van der Waals surface area contributed by atoms with Gasteiger partial charge in [-0.3, -0.25) is 0 Å². The second-order valence-electron chi connectivity index (χ2n) is 5.64. The Morgan fingerprint density at radius 1 is 1.28 bits per heavy atom. The maximum atomic E-state index is 6.26. The molecule has 2 rings (SSSR count). The van der Waals surface area contributed by atoms with Crippen LogP contribution in [0.3, 0.4) is 0 Å². The molecule has 1 fully saturated rings. The molecule has 1 aromatic rings. The summed E-state index contributed by atoms with van der Waals surface area (Å²) in [4.78, 5) is 2.50. The maximum Gasteiger partial charge on any atom is 0.0366 e. The van der Waals surface area contributed by atoms with Crippen LogP contribution in [0.2, 0.25) is 0 Å². The van der Waals surface area contributed by atoms with Crippen molar-refractivity contribution in [1.29, 1.82) is 0 Å². The van der Waals surface area contributed by atoms with E-state index in [1.807, 2.05) is 0 Å². The Morgan fingerprint density at radius 2 is 2.00 bits per heavy atom. The predicted octanol–water partition coefficient (Wildman–Crippen LogP) is 3.34. The normalized spacial score (nSPS) is 24.3. The molecule has 1 aliphatic rings. The Kier molecular flexibility index (Phi) is 4.65. The molecule has 1 saturated heterocycles. The van der Waals surface area contributed by atoms with Crippen LogP contribution in [-0.2, 0) is 0 Å². The molecule has 0 aromatic heterocycles. The molecule has 1 aromatic carbocycles. The van der Waals surface area contributed by atoms with Crippen molar-refractivity contribution in [3.8, 4) is 0 Å². The number of unbranched alkanes of at least 4 members (excludes halogenated alkanes) is 1. The Balaban J connectivity index is 2.00. The number of hydrogen-bond acceptors (Lipinski definition) is 2. The number of hydrogen-bond donors (Lipinski definition) is 1. The summed E-state index contributed by atoms with van der Waals surface area (Å²) in [5.74, 6) is 0.667. The zero-order chi connectivity index (χ0) is 13.0. The lowest BCUT2D eigenvalue weighted by atomic mass is 9.88. The lowest BCUT2D eigenvalue weighted by Crippen LogP contribution is -2.47. The van der Waals surface area contributed by atoms with Gasteiger partial charge in [-0.2, -0.15) is 0 Å². The minimum absolute atomic E-state index is 0.401. The average Bonchev–Trinajstić information content (AvgIpc) is 2.39. The molecule has 18 heavy (non-hydrogen) atoms. The van der Waals surface area contributed by atoms with Gasteiger partial charge in [0, 0.05) is 24.8 Å². The first-order chi connectivity index (χ1) is 8.70. The fourth-order valence-corrected chi connectivity index (χ4v) is 2.81. The molecule has 0 saturated carbocycles. The molecule has 2 nitrogen and oxygen atoms in total. The monoisotopic (exact) mass is 246 g/mol. The predicted molar refractivity (Wildman–Crippen MR) is 79.0 cm³/mol. The van der Waals surface area contributed by atoms with Crippen LogP contribution in [0.25, 0.3) is 0 Å². The van der Waals surface area contributed by atoms with Crippen LogP contribution in [0, 0.1) is 12.8 Å². The van der Waals surface area contributed by atoms with Gasteiger partial charge in [-0.1, -0.05) is 37.5 Å². The van der Waals surface area contributed by atoms with E-state index in [4.69, 9.17) is 5.73 Å². The van der Waals surface area contributed by atoms with Gasteiger partial charge in [0.2, 0.25) is 0 Å². The standard InChI is InChI=1S/C16H26N2/c1-3-4-5-14-12-18(11-10-16(14)17)15-8-6-13(2)7-9-15/h6-9,14,16H,3-5,10-12,17H2,1-2H3. The third kappa shape index (κ3) is 3.26. The number of anilines is 1. The molecular weight excluding hydrogens is 220 g/mol. The van der Waals surface area contributed by atoms with Crippen LogP contribution < -0.4 is 10.6 Å². The van der Waals surface area contributed by atoms with Crippen molar-refractivity contribution < 1.29 is 0 Å². The van der Waals surface area contributed by atoms with E-state index in [0.29, 0.717) is 12.0 Å². The molecule has 1 heterocycles. The van der Waals surface area contributed by atoms with Crippen LogP contribution >= 0.6 is 0 Å². The minimum atomic E-state index is 0.401. The van der Waals surface area contributed by atoms with Crippen molar-refractivity contribution in [1.82, 2.24) is 0 Å². The summed E-state index contributed by atoms with van der Waals surface area (Å²) in [6.07, 6.45) is 4.98. The number of benzene rings is 1. The van der Waals surface area contributed by atoms with Crippen molar-refractivity contribution in [2.75, 3.05) is 18.0 Å². The second-order valence-corrected chi connectivity index (χ2v) is 5.64. The summed E-state index contributed by atoms with van der Waals surface area (Å²) in [5, 5.41) is 0. The summed E-state index contributed by atoms with van der Waals surface area (Å²) in [6.45, 7) is 6.63. The highest BCUT2D eigenvalue weighted by atomic mass is 15.1. The van der Waals surface area contributed by atoms with Gasteiger partial charge in [-0.25, -0.2) is 0 Å². The van der Waals surface area contributed by atoms with Crippen molar-refractivity contribution in [2.24, 2.45) is 11.7 Å². The first kappa shape index (κ1) is 13.4. The molecule has 0 radical (unpaired) electrons. The summed E-state index contributed by atoms with van der Waals surface area (Å²) < 4.78 is 0. The largest absolute Gasteiger partial charge is 0.371 e. The molecule has 0 aliphatic carbocycles. The van der Waals surface area contributed by atoms with Crippen LogP contribution in [0.15, 0.2) is 24.3 Å². The fourth-order valence-electron chi connectivity index (χ4n) is 2.81. The Hall–Kier alpha value is -1.02. The third-order valence-electron chi connectivity index (χ3n) is 4.12. The first-order valence-electron chi connectivity index (χ1n) is 7.28. The summed E-state index contributed by atoms with van der Waals surface area (Å²) in [6, 6.07) is 9.28. The maximum absolute atomic E-state index is 6.26. The number of nitrogens with two attached hydrogens (primary N) is 1. The molecule has 2 heteroatoms. The van der Waals surface area contributed by atoms with E-state index in [-0.39, 0.29) is 0 Å². The Morgan fingerprint density at radius 3 is 2.67 bits per heavy atom. The molecule has 0 spiro atoms. The van der Waals surface area contributed by atoms with Crippen molar-refractivity contribution in [2.45, 2.75) is 45.6 Å². The van der Waals surface area contributed by atoms with Crippen LogP contribution in [0.4, 0.5) is 5.69 Å². The van der Waals surface area contributed by atoms with Crippen LogP contribution in [-0.4, -0.2) is 19.1 Å². The van der Waals surface area contributed by atoms with Gasteiger partial charge in [-0.15, -0.1) is 0 Å². The van der Waals surface area contributed by atoms with E-state index in [1.165, 1.54) is 30.5 Å². The Bertz CT molecular complexity index is 358. The van der Waals surface area contributed by atoms with E-state index < -0.39 is 0 Å². The van der Waals surface area contributed by atoms with E-state index in [1.54, 1.807) is 0 Å². The molecule has 0 amide bonds. The summed E-state index contributed by atoms with van der Waals surface area (Å²) in [5.41, 5.74) is 8.94. The van der Waals surface area contributed by atoms with Gasteiger partial charge in [0.25, 0.3) is 0 Å². The molecule has 1 aliphatic heterocycles. The Labute approximate surface area is 111 Å². The lowest BCUT2D eigenvalue weighted by molar-refractivity contribution is 0.330. The van der Waals surface area contributed by atoms with E-state index >= 15 is 0 Å². The van der Waals surface area contributed by atoms with E-state index in [0.717, 1.165) is 19.5 Å².